The normalized spacial score (nSPS) is 35.2. The number of hydrogen-bond acceptors (Lipinski definition) is 3. The van der Waals surface area contributed by atoms with Crippen molar-refractivity contribution in [3.63, 3.8) is 0 Å². The molecule has 3 heteroatoms. The van der Waals surface area contributed by atoms with Gasteiger partial charge in [0.15, 0.2) is 0 Å². The number of allylic oxidation sites excluding steroid dienone is 1. The van der Waals surface area contributed by atoms with Gasteiger partial charge in [-0.25, -0.2) is 4.79 Å². The van der Waals surface area contributed by atoms with E-state index in [-0.39, 0.29) is 16.4 Å². The van der Waals surface area contributed by atoms with Gasteiger partial charge in [0, 0.05) is 0 Å². The molecule has 2 atom stereocenters. The highest BCUT2D eigenvalue weighted by Crippen LogP contribution is 2.68. The predicted octanol–water partition coefficient (Wildman–Crippen LogP) is 3.22. The molecule has 18 heavy (non-hydrogen) atoms. The lowest BCUT2D eigenvalue weighted by Crippen LogP contribution is -2.29. The summed E-state index contributed by atoms with van der Waals surface area (Å²) in [6, 6.07) is 2.08. The van der Waals surface area contributed by atoms with Gasteiger partial charge in [-0.1, -0.05) is 20.8 Å². The largest absolute Gasteiger partial charge is 0.462 e. The molecule has 0 saturated heterocycles. The summed E-state index contributed by atoms with van der Waals surface area (Å²) in [4.78, 5) is 11.9. The van der Waals surface area contributed by atoms with Crippen molar-refractivity contribution in [2.24, 2.45) is 16.7 Å². The Morgan fingerprint density at radius 1 is 1.50 bits per heavy atom. The first-order valence-electron chi connectivity index (χ1n) is 6.69. The molecule has 2 aliphatic carbocycles. The molecular formula is C15H21NO2. The minimum absolute atomic E-state index is 0.0184. The van der Waals surface area contributed by atoms with E-state index in [1.165, 1.54) is 6.42 Å². The fourth-order valence-electron chi connectivity index (χ4n) is 3.78. The van der Waals surface area contributed by atoms with Crippen molar-refractivity contribution in [3.05, 3.63) is 11.1 Å². The summed E-state index contributed by atoms with van der Waals surface area (Å²) in [6.07, 6.45) is 3.16. The van der Waals surface area contributed by atoms with Gasteiger partial charge in [0.2, 0.25) is 0 Å². The molecule has 2 fully saturated rings. The second-order valence-electron chi connectivity index (χ2n) is 6.18. The minimum atomic E-state index is -0.445. The van der Waals surface area contributed by atoms with E-state index in [1.807, 2.05) is 0 Å². The van der Waals surface area contributed by atoms with E-state index in [9.17, 15) is 10.1 Å². The van der Waals surface area contributed by atoms with Crippen molar-refractivity contribution in [2.75, 3.05) is 6.61 Å². The summed E-state index contributed by atoms with van der Waals surface area (Å²) in [6.45, 7) is 8.81. The summed E-state index contributed by atoms with van der Waals surface area (Å²) in [7, 11) is 0. The molecule has 2 bridgehead atoms. The first-order chi connectivity index (χ1) is 8.38. The van der Waals surface area contributed by atoms with E-state index in [1.54, 1.807) is 6.92 Å². The predicted molar refractivity (Wildman–Crippen MR) is 68.5 cm³/mol. The van der Waals surface area contributed by atoms with Crippen LogP contribution in [0.15, 0.2) is 11.1 Å². The first-order valence-corrected chi connectivity index (χ1v) is 6.69. The van der Waals surface area contributed by atoms with Gasteiger partial charge in [-0.05, 0) is 48.5 Å². The van der Waals surface area contributed by atoms with Gasteiger partial charge >= 0.3 is 5.97 Å². The Balaban J connectivity index is 2.46. The number of carbonyl (C=O) groups excluding carboxylic acids is 1. The lowest BCUT2D eigenvalue weighted by atomic mass is 9.68. The third-order valence-electron chi connectivity index (χ3n) is 5.45. The molecule has 0 amide bonds. The SMILES string of the molecule is CCOC(=O)/C(C#N)=C1\C[C@@H]2CC[C@]1(C)C2(C)C. The maximum atomic E-state index is 11.9. The van der Waals surface area contributed by atoms with E-state index < -0.39 is 5.97 Å². The number of nitrogens with zero attached hydrogens (tertiary/aromatic N) is 1. The zero-order chi connectivity index (χ0) is 13.6. The highest BCUT2D eigenvalue weighted by molar-refractivity contribution is 5.94. The van der Waals surface area contributed by atoms with Crippen LogP contribution in [-0.4, -0.2) is 12.6 Å². The molecule has 2 saturated carbocycles. The lowest BCUT2D eigenvalue weighted by molar-refractivity contribution is -0.138. The Kier molecular flexibility index (Phi) is 3.01. The minimum Gasteiger partial charge on any atom is -0.462 e. The Morgan fingerprint density at radius 3 is 2.56 bits per heavy atom. The van der Waals surface area contributed by atoms with Gasteiger partial charge in [-0.3, -0.25) is 0 Å². The second kappa shape index (κ2) is 4.12. The number of ether oxygens (including phenoxy) is 1. The van der Waals surface area contributed by atoms with Crippen LogP contribution < -0.4 is 0 Å². The monoisotopic (exact) mass is 247 g/mol. The zero-order valence-corrected chi connectivity index (χ0v) is 11.7. The number of nitriles is 1. The molecule has 0 aromatic heterocycles. The van der Waals surface area contributed by atoms with E-state index in [2.05, 4.69) is 26.8 Å². The Bertz CT molecular complexity index is 456. The van der Waals surface area contributed by atoms with Gasteiger partial charge in [0.05, 0.1) is 6.61 Å². The van der Waals surface area contributed by atoms with Crippen LogP contribution in [-0.2, 0) is 9.53 Å². The highest BCUT2D eigenvalue weighted by Gasteiger charge is 2.60. The Labute approximate surface area is 109 Å². The number of hydrogen-bond donors (Lipinski definition) is 0. The summed E-state index contributed by atoms with van der Waals surface area (Å²) in [5.74, 6) is 0.148. The van der Waals surface area contributed by atoms with Crippen molar-refractivity contribution in [2.45, 2.75) is 47.0 Å². The Morgan fingerprint density at radius 2 is 2.17 bits per heavy atom. The molecule has 0 unspecified atom stereocenters. The lowest BCUT2D eigenvalue weighted by Gasteiger charge is -2.35. The quantitative estimate of drug-likeness (QED) is 0.427. The van der Waals surface area contributed by atoms with Crippen LogP contribution >= 0.6 is 0 Å². The van der Waals surface area contributed by atoms with Crippen molar-refractivity contribution in [3.8, 4) is 6.07 Å². The molecule has 0 spiro atoms. The van der Waals surface area contributed by atoms with Gasteiger partial charge in [-0.2, -0.15) is 5.26 Å². The third-order valence-corrected chi connectivity index (χ3v) is 5.45. The fraction of sp³-hybridized carbons (Fsp3) is 0.733. The molecule has 0 aromatic carbocycles. The molecule has 3 nitrogen and oxygen atoms in total. The summed E-state index contributed by atoms with van der Waals surface area (Å²) in [5.41, 5.74) is 1.45. The molecular weight excluding hydrogens is 226 g/mol. The molecule has 0 radical (unpaired) electrons. The van der Waals surface area contributed by atoms with Crippen LogP contribution in [0.2, 0.25) is 0 Å². The molecule has 0 aliphatic heterocycles. The van der Waals surface area contributed by atoms with Crippen LogP contribution in [0.4, 0.5) is 0 Å². The smallest absolute Gasteiger partial charge is 0.348 e. The van der Waals surface area contributed by atoms with Gasteiger partial charge in [0.25, 0.3) is 0 Å². The average Bonchev–Trinajstić information content (AvgIpc) is 2.63. The van der Waals surface area contributed by atoms with Gasteiger partial charge < -0.3 is 4.74 Å². The van der Waals surface area contributed by atoms with Crippen molar-refractivity contribution in [1.29, 1.82) is 5.26 Å². The van der Waals surface area contributed by atoms with Gasteiger partial charge in [-0.15, -0.1) is 0 Å². The van der Waals surface area contributed by atoms with E-state index in [0.717, 1.165) is 18.4 Å². The average molecular weight is 247 g/mol. The topological polar surface area (TPSA) is 50.1 Å². The maximum absolute atomic E-state index is 11.9. The standard InChI is InChI=1S/C15H21NO2/c1-5-18-13(17)11(9-16)12-8-10-6-7-15(12,4)14(10,2)3/h10H,5-8H2,1-4H3/b12-11+/t10-,15-/m0/s1. The van der Waals surface area contributed by atoms with Crippen LogP contribution in [0, 0.1) is 28.1 Å². The molecule has 2 rings (SSSR count). The number of rotatable bonds is 2. The second-order valence-corrected chi connectivity index (χ2v) is 6.18. The maximum Gasteiger partial charge on any atom is 0.348 e. The molecule has 2 aliphatic rings. The number of esters is 1. The molecule has 0 N–H and O–H groups in total. The molecule has 0 heterocycles. The van der Waals surface area contributed by atoms with Crippen LogP contribution in [0.1, 0.15) is 47.0 Å². The van der Waals surface area contributed by atoms with Crippen LogP contribution in [0.5, 0.6) is 0 Å². The Hall–Kier alpha value is -1.30. The third kappa shape index (κ3) is 1.51. The number of fused-ring (bicyclic) bond motifs is 2. The molecule has 0 aromatic rings. The van der Waals surface area contributed by atoms with Crippen molar-refractivity contribution in [1.82, 2.24) is 0 Å². The van der Waals surface area contributed by atoms with Crippen LogP contribution in [0.25, 0.3) is 0 Å². The van der Waals surface area contributed by atoms with Crippen molar-refractivity contribution >= 4 is 5.97 Å². The fourth-order valence-corrected chi connectivity index (χ4v) is 3.78. The van der Waals surface area contributed by atoms with Crippen LogP contribution in [0.3, 0.4) is 0 Å². The summed E-state index contributed by atoms with van der Waals surface area (Å²) in [5, 5.41) is 9.29. The zero-order valence-electron chi connectivity index (χ0n) is 11.7. The number of carbonyl (C=O) groups is 1. The summed E-state index contributed by atoms with van der Waals surface area (Å²) >= 11 is 0. The summed E-state index contributed by atoms with van der Waals surface area (Å²) < 4.78 is 5.01. The van der Waals surface area contributed by atoms with Crippen molar-refractivity contribution < 1.29 is 9.53 Å². The van der Waals surface area contributed by atoms with E-state index in [4.69, 9.17) is 4.74 Å². The van der Waals surface area contributed by atoms with E-state index >= 15 is 0 Å². The molecule has 98 valence electrons. The first kappa shape index (κ1) is 13.1. The van der Waals surface area contributed by atoms with Gasteiger partial charge in [0.1, 0.15) is 11.6 Å². The highest BCUT2D eigenvalue weighted by atomic mass is 16.5. The van der Waals surface area contributed by atoms with E-state index in [0.29, 0.717) is 12.5 Å².